The maximum Gasteiger partial charge on any atom is 0.337 e. The van der Waals surface area contributed by atoms with Crippen molar-refractivity contribution in [1.82, 2.24) is 10.6 Å². The second kappa shape index (κ2) is 10.6. The minimum Gasteiger partial charge on any atom is -0.493 e. The van der Waals surface area contributed by atoms with Crippen LogP contribution in [0.2, 0.25) is 0 Å². The molecule has 28 heavy (non-hydrogen) atoms. The minimum atomic E-state index is -0.620. The first kappa shape index (κ1) is 21.6. The number of methoxy groups -OCH3 is 2. The molecule has 7 nitrogen and oxygen atoms in total. The lowest BCUT2D eigenvalue weighted by atomic mass is 9.93. The van der Waals surface area contributed by atoms with Crippen LogP contribution in [0.15, 0.2) is 29.5 Å². The van der Waals surface area contributed by atoms with E-state index in [0.717, 1.165) is 31.2 Å². The number of amides is 2. The van der Waals surface area contributed by atoms with Crippen molar-refractivity contribution < 1.29 is 23.8 Å². The topological polar surface area (TPSA) is 85.9 Å². The fourth-order valence-corrected chi connectivity index (χ4v) is 3.18. The van der Waals surface area contributed by atoms with E-state index < -0.39 is 12.0 Å². The Hall–Kier alpha value is -2.70. The normalized spacial score (nSPS) is 16.3. The number of unbranched alkanes of at least 4 members (excludes halogenated alkanes) is 2. The van der Waals surface area contributed by atoms with Crippen molar-refractivity contribution in [3.05, 3.63) is 35.0 Å². The number of allylic oxidation sites excluding steroid dienone is 1. The Morgan fingerprint density at radius 3 is 2.54 bits per heavy atom. The van der Waals surface area contributed by atoms with E-state index >= 15 is 0 Å². The van der Waals surface area contributed by atoms with Crippen LogP contribution in [-0.4, -0.2) is 32.8 Å². The first-order valence-corrected chi connectivity index (χ1v) is 9.75. The van der Waals surface area contributed by atoms with Gasteiger partial charge < -0.3 is 24.8 Å². The molecule has 154 valence electrons. The van der Waals surface area contributed by atoms with Gasteiger partial charge in [-0.2, -0.15) is 0 Å². The molecule has 1 unspecified atom stereocenters. The highest BCUT2D eigenvalue weighted by Crippen LogP contribution is 2.35. The Morgan fingerprint density at radius 2 is 1.89 bits per heavy atom. The van der Waals surface area contributed by atoms with Gasteiger partial charge in [0.15, 0.2) is 11.5 Å². The van der Waals surface area contributed by atoms with Crippen molar-refractivity contribution in [3.63, 3.8) is 0 Å². The number of benzene rings is 1. The first-order valence-electron chi connectivity index (χ1n) is 9.75. The number of ether oxygens (including phenoxy) is 3. The summed E-state index contributed by atoms with van der Waals surface area (Å²) in [5, 5.41) is 5.55. The predicted octanol–water partition coefficient (Wildman–Crippen LogP) is 3.85. The number of urea groups is 1. The van der Waals surface area contributed by atoms with Crippen LogP contribution in [0.1, 0.15) is 57.6 Å². The summed E-state index contributed by atoms with van der Waals surface area (Å²) in [4.78, 5) is 24.6. The molecular weight excluding hydrogens is 360 g/mol. The van der Waals surface area contributed by atoms with Gasteiger partial charge in [0.25, 0.3) is 0 Å². The van der Waals surface area contributed by atoms with Gasteiger partial charge in [-0.05, 0) is 30.5 Å². The van der Waals surface area contributed by atoms with Gasteiger partial charge in [-0.25, -0.2) is 9.59 Å². The summed E-state index contributed by atoms with van der Waals surface area (Å²) >= 11 is 0. The van der Waals surface area contributed by atoms with E-state index in [1.54, 1.807) is 13.2 Å². The maximum atomic E-state index is 12.4. The van der Waals surface area contributed by atoms with Crippen LogP contribution in [0.4, 0.5) is 4.79 Å². The number of nitrogens with one attached hydrogen (secondary N) is 2. The molecule has 1 aromatic rings. The second-order valence-corrected chi connectivity index (χ2v) is 6.63. The van der Waals surface area contributed by atoms with Crippen LogP contribution >= 0.6 is 0 Å². The number of hydrogen-bond donors (Lipinski definition) is 2. The molecule has 0 aliphatic carbocycles. The van der Waals surface area contributed by atoms with Crippen molar-refractivity contribution >= 4 is 12.0 Å². The fraction of sp³-hybridized carbons (Fsp3) is 0.524. The van der Waals surface area contributed by atoms with Gasteiger partial charge in [-0.15, -0.1) is 0 Å². The van der Waals surface area contributed by atoms with E-state index in [9.17, 15) is 9.59 Å². The van der Waals surface area contributed by atoms with Crippen LogP contribution in [0, 0.1) is 0 Å². The summed E-state index contributed by atoms with van der Waals surface area (Å²) in [6.45, 7) is 4.74. The van der Waals surface area contributed by atoms with E-state index in [2.05, 4.69) is 17.6 Å². The van der Waals surface area contributed by atoms with Gasteiger partial charge in [-0.1, -0.05) is 39.2 Å². The quantitative estimate of drug-likeness (QED) is 0.468. The van der Waals surface area contributed by atoms with E-state index in [4.69, 9.17) is 14.2 Å². The van der Waals surface area contributed by atoms with Gasteiger partial charge >= 0.3 is 12.0 Å². The molecule has 2 amide bonds. The SMILES string of the molecule is CCCCCOc1ccc(C2NC(=O)NC(CCC)=C2C(=O)OC)cc1OC. The molecular formula is C21H30N2O5. The van der Waals surface area contributed by atoms with Crippen LogP contribution in [0.3, 0.4) is 0 Å². The minimum absolute atomic E-state index is 0.347. The Labute approximate surface area is 166 Å². The molecule has 1 aromatic carbocycles. The lowest BCUT2D eigenvalue weighted by Gasteiger charge is -2.29. The number of esters is 1. The fourth-order valence-electron chi connectivity index (χ4n) is 3.18. The zero-order valence-corrected chi connectivity index (χ0v) is 17.1. The molecule has 1 atom stereocenters. The molecule has 1 aliphatic rings. The van der Waals surface area contributed by atoms with Crippen molar-refractivity contribution in [2.75, 3.05) is 20.8 Å². The zero-order chi connectivity index (χ0) is 20.5. The molecule has 0 aromatic heterocycles. The van der Waals surface area contributed by atoms with Crippen LogP contribution in [0.5, 0.6) is 11.5 Å². The third kappa shape index (κ3) is 5.18. The molecule has 0 spiro atoms. The summed E-state index contributed by atoms with van der Waals surface area (Å²) in [6, 6.07) is 4.46. The highest BCUT2D eigenvalue weighted by Gasteiger charge is 2.33. The largest absolute Gasteiger partial charge is 0.493 e. The molecule has 1 heterocycles. The smallest absolute Gasteiger partial charge is 0.337 e. The highest BCUT2D eigenvalue weighted by molar-refractivity contribution is 5.95. The molecule has 0 bridgehead atoms. The zero-order valence-electron chi connectivity index (χ0n) is 17.1. The van der Waals surface area contributed by atoms with Crippen molar-refractivity contribution in [2.24, 2.45) is 0 Å². The van der Waals surface area contributed by atoms with Gasteiger partial charge in [0.2, 0.25) is 0 Å². The molecule has 0 saturated heterocycles. The van der Waals surface area contributed by atoms with E-state index in [0.29, 0.717) is 35.8 Å². The van der Waals surface area contributed by atoms with Crippen LogP contribution in [-0.2, 0) is 9.53 Å². The van der Waals surface area contributed by atoms with Gasteiger partial charge in [0.1, 0.15) is 0 Å². The van der Waals surface area contributed by atoms with E-state index in [1.807, 2.05) is 19.1 Å². The first-order chi connectivity index (χ1) is 13.5. The summed E-state index contributed by atoms with van der Waals surface area (Å²) in [6.07, 6.45) is 4.56. The molecule has 0 fully saturated rings. The molecule has 0 radical (unpaired) electrons. The predicted molar refractivity (Wildman–Crippen MR) is 106 cm³/mol. The van der Waals surface area contributed by atoms with E-state index in [-0.39, 0.29) is 6.03 Å². The Morgan fingerprint density at radius 1 is 1.11 bits per heavy atom. The average Bonchev–Trinajstić information content (AvgIpc) is 2.70. The number of rotatable bonds is 10. The van der Waals surface area contributed by atoms with Crippen molar-refractivity contribution in [1.29, 1.82) is 0 Å². The molecule has 0 saturated carbocycles. The Balaban J connectivity index is 2.36. The molecule has 7 heteroatoms. The maximum absolute atomic E-state index is 12.4. The monoisotopic (exact) mass is 390 g/mol. The van der Waals surface area contributed by atoms with Gasteiger partial charge in [-0.3, -0.25) is 0 Å². The molecule has 2 N–H and O–H groups in total. The standard InChI is InChI=1S/C21H30N2O5/c1-5-7-8-12-28-16-11-10-14(13-17(16)26-3)19-18(20(24)27-4)15(9-6-2)22-21(25)23-19/h10-11,13,19H,5-9,12H2,1-4H3,(H2,22,23,25). The molecule has 1 aliphatic heterocycles. The van der Waals surface area contributed by atoms with Gasteiger partial charge in [0, 0.05) is 5.70 Å². The second-order valence-electron chi connectivity index (χ2n) is 6.63. The van der Waals surface area contributed by atoms with Crippen molar-refractivity contribution in [2.45, 2.75) is 52.0 Å². The van der Waals surface area contributed by atoms with Crippen LogP contribution in [0.25, 0.3) is 0 Å². The third-order valence-corrected chi connectivity index (χ3v) is 4.59. The number of carbonyl (C=O) groups is 2. The van der Waals surface area contributed by atoms with Gasteiger partial charge in [0.05, 0.1) is 32.4 Å². The number of hydrogen-bond acceptors (Lipinski definition) is 5. The average molecular weight is 390 g/mol. The summed E-state index contributed by atoms with van der Waals surface area (Å²) < 4.78 is 16.3. The summed E-state index contributed by atoms with van der Waals surface area (Å²) in [5.74, 6) is 0.725. The van der Waals surface area contributed by atoms with Crippen molar-refractivity contribution in [3.8, 4) is 11.5 Å². The molecule has 2 rings (SSSR count). The van der Waals surface area contributed by atoms with Crippen LogP contribution < -0.4 is 20.1 Å². The third-order valence-electron chi connectivity index (χ3n) is 4.59. The number of carbonyl (C=O) groups excluding carboxylic acids is 2. The lowest BCUT2D eigenvalue weighted by Crippen LogP contribution is -2.45. The summed E-state index contributed by atoms with van der Waals surface area (Å²) in [7, 11) is 2.90. The Kier molecular flexibility index (Phi) is 8.17. The highest BCUT2D eigenvalue weighted by atomic mass is 16.5. The summed E-state index contributed by atoms with van der Waals surface area (Å²) in [5.41, 5.74) is 1.71. The lowest BCUT2D eigenvalue weighted by molar-refractivity contribution is -0.136. The Bertz CT molecular complexity index is 730. The van der Waals surface area contributed by atoms with E-state index in [1.165, 1.54) is 7.11 Å².